The molecule has 1 atom stereocenters. The quantitative estimate of drug-likeness (QED) is 0.597. The Kier molecular flexibility index (Phi) is 3.46. The van der Waals surface area contributed by atoms with Crippen molar-refractivity contribution in [3.8, 4) is 0 Å². The molecule has 0 aliphatic carbocycles. The van der Waals surface area contributed by atoms with Crippen LogP contribution in [-0.4, -0.2) is 45.9 Å². The van der Waals surface area contributed by atoms with E-state index in [9.17, 15) is 0 Å². The fourth-order valence-electron chi connectivity index (χ4n) is 2.47. The number of rotatable bonds is 3. The summed E-state index contributed by atoms with van der Waals surface area (Å²) in [5, 5.41) is -0.835. The Morgan fingerprint density at radius 1 is 1.43 bits per heavy atom. The van der Waals surface area contributed by atoms with E-state index in [-0.39, 0.29) is 11.4 Å². The molecule has 1 fully saturated rings. The molecular weight excluding hydrogens is 167 g/mol. The lowest BCUT2D eigenvalue weighted by Gasteiger charge is -2.47. The van der Waals surface area contributed by atoms with Crippen molar-refractivity contribution in [3.05, 3.63) is 0 Å². The lowest BCUT2D eigenvalue weighted by Crippen LogP contribution is -2.57. The van der Waals surface area contributed by atoms with Gasteiger partial charge in [-0.25, -0.2) is 0 Å². The first-order valence-electron chi connectivity index (χ1n) is 5.43. The van der Waals surface area contributed by atoms with Crippen LogP contribution in [0.1, 0.15) is 40.0 Å². The molecule has 14 heavy (non-hydrogen) atoms. The summed E-state index contributed by atoms with van der Waals surface area (Å²) in [6.07, 6.45) is 3.12. The number of hydrogen-bond acceptors (Lipinski definition) is 1. The van der Waals surface area contributed by atoms with E-state index in [2.05, 4.69) is 25.7 Å². The maximum absolute atomic E-state index is 6.06. The minimum atomic E-state index is -0.835. The lowest BCUT2D eigenvalue weighted by molar-refractivity contribution is 0.111. The van der Waals surface area contributed by atoms with Gasteiger partial charge in [-0.2, -0.15) is 0 Å². The predicted octanol–water partition coefficient (Wildman–Crippen LogP) is 1.22. The Labute approximate surface area is 92.2 Å². The number of nitrogens with zero attached hydrogens (tertiary/aromatic N) is 1. The zero-order chi connectivity index (χ0) is 11.0. The van der Waals surface area contributed by atoms with E-state index in [1.807, 2.05) is 0 Å². The monoisotopic (exact) mass is 185 g/mol. The van der Waals surface area contributed by atoms with Crippen LogP contribution in [0.5, 0.6) is 0 Å². The van der Waals surface area contributed by atoms with E-state index in [1.54, 1.807) is 0 Å². The van der Waals surface area contributed by atoms with E-state index in [1.165, 1.54) is 0 Å². The summed E-state index contributed by atoms with van der Waals surface area (Å²) in [6.45, 7) is 7.44. The van der Waals surface area contributed by atoms with Crippen LogP contribution in [0.4, 0.5) is 0 Å². The van der Waals surface area contributed by atoms with Gasteiger partial charge in [0.25, 0.3) is 0 Å². The van der Waals surface area contributed by atoms with Crippen molar-refractivity contribution in [2.24, 2.45) is 0 Å². The predicted molar refractivity (Wildman–Crippen MR) is 64.1 cm³/mol. The van der Waals surface area contributed by atoms with Crippen LogP contribution in [0.2, 0.25) is 5.82 Å². The highest BCUT2D eigenvalue weighted by Gasteiger charge is 2.43. The Hall–Kier alpha value is 0.155. The fraction of sp³-hybridized carbons (Fsp3) is 1.00. The van der Waals surface area contributed by atoms with E-state index in [0.717, 1.165) is 25.8 Å². The summed E-state index contributed by atoms with van der Waals surface area (Å²) in [5.41, 5.74) is 0.0480. The summed E-state index contributed by atoms with van der Waals surface area (Å²) in [7, 11) is 18.0. The van der Waals surface area contributed by atoms with Crippen LogP contribution >= 0.6 is 0 Å². The molecule has 0 spiro atoms. The van der Waals surface area contributed by atoms with Crippen molar-refractivity contribution in [2.45, 2.75) is 56.7 Å². The zero-order valence-corrected chi connectivity index (χ0v) is 9.59. The highest BCUT2D eigenvalue weighted by atomic mass is 15.2. The molecule has 0 N–H and O–H groups in total. The molecule has 1 unspecified atom stereocenters. The molecule has 4 heteroatoms. The van der Waals surface area contributed by atoms with E-state index >= 15 is 0 Å². The van der Waals surface area contributed by atoms with Crippen molar-refractivity contribution < 1.29 is 0 Å². The van der Waals surface area contributed by atoms with Crippen molar-refractivity contribution in [3.63, 3.8) is 0 Å². The average Bonchev–Trinajstić information content (AvgIpc) is 2.27. The summed E-state index contributed by atoms with van der Waals surface area (Å²) >= 11 is 0. The van der Waals surface area contributed by atoms with Gasteiger partial charge in [0.15, 0.2) is 0 Å². The van der Waals surface area contributed by atoms with Gasteiger partial charge in [0.05, 0.1) is 23.5 Å². The average molecular weight is 185 g/mol. The van der Waals surface area contributed by atoms with Crippen LogP contribution in [0.25, 0.3) is 0 Å². The van der Waals surface area contributed by atoms with Gasteiger partial charge >= 0.3 is 0 Å². The van der Waals surface area contributed by atoms with Crippen molar-refractivity contribution in [1.29, 1.82) is 0 Å². The topological polar surface area (TPSA) is 3.24 Å². The maximum atomic E-state index is 6.06. The van der Waals surface area contributed by atoms with Crippen LogP contribution in [0.15, 0.2) is 0 Å². The van der Waals surface area contributed by atoms with E-state index in [4.69, 9.17) is 23.5 Å². The molecular formula is C10H18B3N. The molecule has 0 aromatic rings. The van der Waals surface area contributed by atoms with Gasteiger partial charge in [0.2, 0.25) is 0 Å². The summed E-state index contributed by atoms with van der Waals surface area (Å²) in [5.74, 6) is -0.112. The third-order valence-electron chi connectivity index (χ3n) is 3.32. The van der Waals surface area contributed by atoms with Crippen LogP contribution < -0.4 is 0 Å². The molecule has 0 saturated carbocycles. The summed E-state index contributed by atoms with van der Waals surface area (Å²) in [4.78, 5) is 2.15. The van der Waals surface area contributed by atoms with Gasteiger partial charge < -0.3 is 4.90 Å². The van der Waals surface area contributed by atoms with Gasteiger partial charge in [0.1, 0.15) is 0 Å². The van der Waals surface area contributed by atoms with Crippen molar-refractivity contribution in [2.75, 3.05) is 6.54 Å². The molecule has 1 aliphatic rings. The SMILES string of the molecule is [B]C1CCN(C(C)(C)CCC)C1([B])[B]. The standard InChI is InChI=1S/C10H18B3N/c1-4-6-9(2,3)14-7-5-8(11)10(14,12)13/h8H,4-7H2,1-3H3. The zero-order valence-electron chi connectivity index (χ0n) is 9.59. The molecule has 0 aromatic carbocycles. The number of likely N-dealkylation sites (tertiary alicyclic amines) is 1. The number of hydrogen-bond donors (Lipinski definition) is 0. The second-order valence-corrected chi connectivity index (χ2v) is 5.00. The normalized spacial score (nSPS) is 28.1. The molecule has 1 saturated heterocycles. The van der Waals surface area contributed by atoms with Crippen LogP contribution in [0.3, 0.4) is 0 Å². The van der Waals surface area contributed by atoms with Crippen LogP contribution in [-0.2, 0) is 0 Å². The second-order valence-electron chi connectivity index (χ2n) is 5.00. The van der Waals surface area contributed by atoms with Crippen molar-refractivity contribution in [1.82, 2.24) is 4.90 Å². The van der Waals surface area contributed by atoms with Crippen LogP contribution in [0, 0.1) is 0 Å². The first kappa shape index (κ1) is 12.2. The summed E-state index contributed by atoms with van der Waals surface area (Å²) in [6, 6.07) is 0. The lowest BCUT2D eigenvalue weighted by atomic mass is 9.49. The maximum Gasteiger partial charge on any atom is 0.0818 e. The second kappa shape index (κ2) is 3.96. The summed E-state index contributed by atoms with van der Waals surface area (Å²) < 4.78 is 0. The Morgan fingerprint density at radius 2 is 2.00 bits per heavy atom. The highest BCUT2D eigenvalue weighted by Crippen LogP contribution is 2.39. The molecule has 1 nitrogen and oxygen atoms in total. The first-order chi connectivity index (χ1) is 6.32. The highest BCUT2D eigenvalue weighted by molar-refractivity contribution is 6.44. The molecule has 72 valence electrons. The molecule has 6 radical (unpaired) electrons. The molecule has 0 aromatic heterocycles. The fourth-order valence-corrected chi connectivity index (χ4v) is 2.47. The van der Waals surface area contributed by atoms with E-state index < -0.39 is 5.34 Å². The van der Waals surface area contributed by atoms with Gasteiger partial charge in [-0.1, -0.05) is 24.5 Å². The largest absolute Gasteiger partial charge is 0.310 e. The molecule has 0 amide bonds. The Balaban J connectivity index is 2.78. The van der Waals surface area contributed by atoms with Gasteiger partial charge in [-0.15, -0.1) is 0 Å². The van der Waals surface area contributed by atoms with Crippen molar-refractivity contribution >= 4 is 23.5 Å². The van der Waals surface area contributed by atoms with Gasteiger partial charge in [0, 0.05) is 5.54 Å². The Morgan fingerprint density at radius 3 is 2.36 bits per heavy atom. The van der Waals surface area contributed by atoms with Gasteiger partial charge in [-0.3, -0.25) is 0 Å². The first-order valence-corrected chi connectivity index (χ1v) is 5.43. The molecule has 1 heterocycles. The van der Waals surface area contributed by atoms with Gasteiger partial charge in [-0.05, 0) is 33.2 Å². The van der Waals surface area contributed by atoms with E-state index in [0.29, 0.717) is 0 Å². The third-order valence-corrected chi connectivity index (χ3v) is 3.32. The molecule has 1 aliphatic heterocycles. The Bertz CT molecular complexity index is 204. The molecule has 0 bridgehead atoms. The minimum Gasteiger partial charge on any atom is -0.310 e. The third kappa shape index (κ3) is 2.05. The minimum absolute atomic E-state index is 0.0480. The molecule has 1 rings (SSSR count). The smallest absolute Gasteiger partial charge is 0.0818 e.